The number of halogens is 1. The molecule has 3 nitrogen and oxygen atoms in total. The Balaban J connectivity index is 2.24. The summed E-state index contributed by atoms with van der Waals surface area (Å²) < 4.78 is 25.2. The minimum Gasteiger partial charge on any atom is -0.398 e. The third kappa shape index (κ3) is 2.92. The molecule has 0 saturated carbocycles. The Labute approximate surface area is 107 Å². The number of benzene rings is 1. The average molecular weight is 264 g/mol. The fraction of sp³-hybridized carbons (Fsp3) is 0.154. The lowest BCUT2D eigenvalue weighted by atomic mass is 10.3. The van der Waals surface area contributed by atoms with E-state index in [-0.39, 0.29) is 5.75 Å². The van der Waals surface area contributed by atoms with Gasteiger partial charge in [-0.05, 0) is 37.3 Å². The summed E-state index contributed by atoms with van der Waals surface area (Å²) in [6.45, 7) is 1.86. The van der Waals surface area contributed by atoms with Crippen LogP contribution in [0.3, 0.4) is 0 Å². The highest BCUT2D eigenvalue weighted by atomic mass is 32.2. The molecule has 0 bridgehead atoms. The van der Waals surface area contributed by atoms with Crippen LogP contribution in [0.15, 0.2) is 41.3 Å². The number of rotatable bonds is 3. The molecule has 1 unspecified atom stereocenters. The number of hydrogen-bond acceptors (Lipinski definition) is 3. The Bertz CT molecular complexity index is 601. The molecule has 0 aliphatic rings. The van der Waals surface area contributed by atoms with Gasteiger partial charge in [0.2, 0.25) is 0 Å². The Morgan fingerprint density at radius 2 is 2.11 bits per heavy atom. The van der Waals surface area contributed by atoms with Crippen molar-refractivity contribution < 1.29 is 8.60 Å². The van der Waals surface area contributed by atoms with E-state index in [1.165, 1.54) is 18.2 Å². The molecule has 0 saturated heterocycles. The van der Waals surface area contributed by atoms with Gasteiger partial charge in [0.25, 0.3) is 0 Å². The Hall–Kier alpha value is -1.75. The highest BCUT2D eigenvalue weighted by molar-refractivity contribution is 7.84. The molecule has 0 spiro atoms. The number of aryl methyl sites for hydroxylation is 1. The van der Waals surface area contributed by atoms with Crippen LogP contribution in [0.1, 0.15) is 11.4 Å². The average Bonchev–Trinajstić information content (AvgIpc) is 2.32. The Morgan fingerprint density at radius 3 is 2.83 bits per heavy atom. The molecule has 0 radical (unpaired) electrons. The summed E-state index contributed by atoms with van der Waals surface area (Å²) in [6, 6.07) is 9.39. The summed E-state index contributed by atoms with van der Waals surface area (Å²) in [6.07, 6.45) is 0. The van der Waals surface area contributed by atoms with Crippen molar-refractivity contribution in [2.45, 2.75) is 17.6 Å². The van der Waals surface area contributed by atoms with Crippen LogP contribution >= 0.6 is 0 Å². The SMILES string of the molecule is Cc1cccc(CS(=O)c2cc(F)ccc2N)n1. The molecule has 2 N–H and O–H groups in total. The van der Waals surface area contributed by atoms with E-state index in [4.69, 9.17) is 5.73 Å². The van der Waals surface area contributed by atoms with Crippen molar-refractivity contribution in [3.05, 3.63) is 53.6 Å². The van der Waals surface area contributed by atoms with Crippen LogP contribution in [0, 0.1) is 12.7 Å². The number of anilines is 1. The lowest BCUT2D eigenvalue weighted by molar-refractivity contribution is 0.623. The lowest BCUT2D eigenvalue weighted by Crippen LogP contribution is -2.03. The fourth-order valence-corrected chi connectivity index (χ4v) is 2.76. The van der Waals surface area contributed by atoms with Crippen LogP contribution in [0.25, 0.3) is 0 Å². The first kappa shape index (κ1) is 12.7. The number of aromatic nitrogens is 1. The predicted molar refractivity (Wildman–Crippen MR) is 69.9 cm³/mol. The molecule has 2 rings (SSSR count). The van der Waals surface area contributed by atoms with Gasteiger partial charge in [-0.1, -0.05) is 6.07 Å². The maximum absolute atomic E-state index is 13.1. The Morgan fingerprint density at radius 1 is 1.33 bits per heavy atom. The van der Waals surface area contributed by atoms with E-state index >= 15 is 0 Å². The number of nitrogen functional groups attached to an aromatic ring is 1. The molecular formula is C13H13FN2OS. The van der Waals surface area contributed by atoms with Crippen LogP contribution in [0.2, 0.25) is 0 Å². The smallest absolute Gasteiger partial charge is 0.124 e. The van der Waals surface area contributed by atoms with Crippen molar-refractivity contribution in [1.82, 2.24) is 4.98 Å². The molecule has 5 heteroatoms. The van der Waals surface area contributed by atoms with Gasteiger partial charge >= 0.3 is 0 Å². The maximum atomic E-state index is 13.1. The fourth-order valence-electron chi connectivity index (χ4n) is 1.60. The quantitative estimate of drug-likeness (QED) is 0.866. The number of pyridine rings is 1. The maximum Gasteiger partial charge on any atom is 0.124 e. The second-order valence-electron chi connectivity index (χ2n) is 3.94. The van der Waals surface area contributed by atoms with Crippen LogP contribution in [0.5, 0.6) is 0 Å². The number of nitrogens with two attached hydrogens (primary N) is 1. The van der Waals surface area contributed by atoms with Crippen LogP contribution < -0.4 is 5.73 Å². The van der Waals surface area contributed by atoms with Gasteiger partial charge in [0.15, 0.2) is 0 Å². The van der Waals surface area contributed by atoms with Gasteiger partial charge in [0.05, 0.1) is 27.1 Å². The lowest BCUT2D eigenvalue weighted by Gasteiger charge is -2.06. The standard InChI is InChI=1S/C13H13FN2OS/c1-9-3-2-4-11(16-9)8-18(17)13-7-10(14)5-6-12(13)15/h2-7H,8,15H2,1H3. The summed E-state index contributed by atoms with van der Waals surface area (Å²) in [5, 5.41) is 0. The second-order valence-corrected chi connectivity index (χ2v) is 5.36. The topological polar surface area (TPSA) is 56.0 Å². The van der Waals surface area contributed by atoms with E-state index < -0.39 is 16.6 Å². The molecule has 0 aliphatic carbocycles. The van der Waals surface area contributed by atoms with Gasteiger partial charge in [-0.3, -0.25) is 9.19 Å². The van der Waals surface area contributed by atoms with Crippen LogP contribution in [-0.2, 0) is 16.6 Å². The van der Waals surface area contributed by atoms with Gasteiger partial charge in [-0.2, -0.15) is 0 Å². The van der Waals surface area contributed by atoms with Crippen LogP contribution in [-0.4, -0.2) is 9.19 Å². The minimum atomic E-state index is -1.39. The first-order chi connectivity index (χ1) is 8.56. The summed E-state index contributed by atoms with van der Waals surface area (Å²) >= 11 is 0. The van der Waals surface area contributed by atoms with Crippen molar-refractivity contribution in [3.8, 4) is 0 Å². The van der Waals surface area contributed by atoms with Gasteiger partial charge < -0.3 is 5.73 Å². The molecule has 1 aromatic heterocycles. The molecular weight excluding hydrogens is 251 g/mol. The van der Waals surface area contributed by atoms with Crippen molar-refractivity contribution in [2.75, 3.05) is 5.73 Å². The van der Waals surface area contributed by atoms with Gasteiger partial charge in [-0.25, -0.2) is 4.39 Å². The second kappa shape index (κ2) is 5.27. The van der Waals surface area contributed by atoms with E-state index in [0.29, 0.717) is 16.3 Å². The molecule has 0 fully saturated rings. The summed E-state index contributed by atoms with van der Waals surface area (Å²) in [7, 11) is -1.39. The predicted octanol–water partition coefficient (Wildman–Crippen LogP) is 2.42. The van der Waals surface area contributed by atoms with Crippen molar-refractivity contribution >= 4 is 16.5 Å². The molecule has 2 aromatic rings. The molecule has 0 aliphatic heterocycles. The van der Waals surface area contributed by atoms with E-state index in [2.05, 4.69) is 4.98 Å². The highest BCUT2D eigenvalue weighted by Gasteiger charge is 2.11. The third-order valence-corrected chi connectivity index (χ3v) is 3.85. The van der Waals surface area contributed by atoms with Gasteiger partial charge in [0.1, 0.15) is 5.82 Å². The largest absolute Gasteiger partial charge is 0.398 e. The van der Waals surface area contributed by atoms with E-state index in [1.54, 1.807) is 6.07 Å². The summed E-state index contributed by atoms with van der Waals surface area (Å²) in [5.41, 5.74) is 7.59. The zero-order valence-corrected chi connectivity index (χ0v) is 10.7. The zero-order chi connectivity index (χ0) is 13.1. The van der Waals surface area contributed by atoms with Crippen molar-refractivity contribution in [1.29, 1.82) is 0 Å². The van der Waals surface area contributed by atoms with E-state index in [0.717, 1.165) is 5.69 Å². The van der Waals surface area contributed by atoms with Gasteiger partial charge in [0, 0.05) is 11.4 Å². The monoisotopic (exact) mass is 264 g/mol. The van der Waals surface area contributed by atoms with Gasteiger partial charge in [-0.15, -0.1) is 0 Å². The Kier molecular flexibility index (Phi) is 3.72. The third-order valence-electron chi connectivity index (χ3n) is 2.45. The zero-order valence-electron chi connectivity index (χ0n) is 9.89. The first-order valence-electron chi connectivity index (χ1n) is 5.42. The van der Waals surface area contributed by atoms with Crippen molar-refractivity contribution in [3.63, 3.8) is 0 Å². The molecule has 1 heterocycles. The highest BCUT2D eigenvalue weighted by Crippen LogP contribution is 2.19. The van der Waals surface area contributed by atoms with E-state index in [9.17, 15) is 8.60 Å². The van der Waals surface area contributed by atoms with Crippen LogP contribution in [0.4, 0.5) is 10.1 Å². The number of hydrogen-bond donors (Lipinski definition) is 1. The van der Waals surface area contributed by atoms with Crippen molar-refractivity contribution in [2.24, 2.45) is 0 Å². The summed E-state index contributed by atoms with van der Waals surface area (Å²) in [4.78, 5) is 4.58. The summed E-state index contributed by atoms with van der Waals surface area (Å²) in [5.74, 6) is -0.209. The molecule has 1 aromatic carbocycles. The molecule has 0 amide bonds. The molecule has 94 valence electrons. The number of nitrogens with zero attached hydrogens (tertiary/aromatic N) is 1. The molecule has 18 heavy (non-hydrogen) atoms. The van der Waals surface area contributed by atoms with E-state index in [1.807, 2.05) is 19.1 Å². The molecule has 1 atom stereocenters. The normalized spacial score (nSPS) is 12.3. The minimum absolute atomic E-state index is 0.231. The first-order valence-corrected chi connectivity index (χ1v) is 6.74.